The summed E-state index contributed by atoms with van der Waals surface area (Å²) in [6.07, 6.45) is -9.47. The van der Waals surface area contributed by atoms with Gasteiger partial charge in [-0.1, -0.05) is 38.1 Å². The van der Waals surface area contributed by atoms with E-state index in [9.17, 15) is 26.3 Å². The Bertz CT molecular complexity index is 1000. The van der Waals surface area contributed by atoms with Crippen molar-refractivity contribution in [2.75, 3.05) is 5.32 Å². The molecule has 8 heteroatoms. The molecule has 0 aliphatic rings. The molecular weight excluding hydrogens is 382 g/mol. The second-order valence-electron chi connectivity index (χ2n) is 6.65. The molecule has 28 heavy (non-hydrogen) atoms. The molecule has 0 aliphatic heterocycles. The number of anilines is 2. The Labute approximate surface area is 157 Å². The molecule has 0 aliphatic carbocycles. The van der Waals surface area contributed by atoms with Gasteiger partial charge in [-0.2, -0.15) is 26.3 Å². The van der Waals surface area contributed by atoms with Gasteiger partial charge in [-0.15, -0.1) is 0 Å². The molecule has 0 fully saturated rings. The van der Waals surface area contributed by atoms with Crippen LogP contribution in [-0.2, 0) is 12.4 Å². The van der Waals surface area contributed by atoms with Crippen molar-refractivity contribution in [3.8, 4) is 0 Å². The largest absolute Gasteiger partial charge is 0.433 e. The topological polar surface area (TPSA) is 24.9 Å². The van der Waals surface area contributed by atoms with Crippen LogP contribution in [0.2, 0.25) is 0 Å². The number of benzene rings is 2. The second kappa shape index (κ2) is 7.00. The quantitative estimate of drug-likeness (QED) is 0.474. The predicted octanol–water partition coefficient (Wildman–Crippen LogP) is 7.14. The molecule has 1 aromatic heterocycles. The molecule has 3 rings (SSSR count). The first-order valence-corrected chi connectivity index (χ1v) is 8.42. The van der Waals surface area contributed by atoms with E-state index >= 15 is 0 Å². The van der Waals surface area contributed by atoms with Crippen molar-refractivity contribution in [2.45, 2.75) is 32.1 Å². The molecule has 0 amide bonds. The minimum absolute atomic E-state index is 0.0409. The highest BCUT2D eigenvalue weighted by Gasteiger charge is 2.35. The summed E-state index contributed by atoms with van der Waals surface area (Å²) >= 11 is 0. The van der Waals surface area contributed by atoms with Crippen molar-refractivity contribution < 1.29 is 26.3 Å². The van der Waals surface area contributed by atoms with Crippen molar-refractivity contribution in [1.29, 1.82) is 0 Å². The highest BCUT2D eigenvalue weighted by Crippen LogP contribution is 2.38. The van der Waals surface area contributed by atoms with Crippen LogP contribution < -0.4 is 5.32 Å². The number of halogens is 6. The molecule has 0 spiro atoms. The Hall–Kier alpha value is -2.77. The zero-order valence-electron chi connectivity index (χ0n) is 14.9. The first-order chi connectivity index (χ1) is 13.0. The van der Waals surface area contributed by atoms with E-state index in [1.165, 1.54) is 0 Å². The van der Waals surface area contributed by atoms with Crippen LogP contribution in [0.4, 0.5) is 37.7 Å². The lowest BCUT2D eigenvalue weighted by Crippen LogP contribution is -2.10. The summed E-state index contributed by atoms with van der Waals surface area (Å²) in [5, 5.41) is 3.11. The van der Waals surface area contributed by atoms with Gasteiger partial charge in [0.05, 0.1) is 16.8 Å². The van der Waals surface area contributed by atoms with Crippen LogP contribution in [-0.4, -0.2) is 4.98 Å². The fourth-order valence-corrected chi connectivity index (χ4v) is 2.91. The first kappa shape index (κ1) is 20.0. The molecule has 1 heterocycles. The van der Waals surface area contributed by atoms with Crippen LogP contribution in [0, 0.1) is 0 Å². The van der Waals surface area contributed by atoms with E-state index in [1.54, 1.807) is 12.1 Å². The number of pyridine rings is 1. The maximum Gasteiger partial charge on any atom is 0.433 e. The van der Waals surface area contributed by atoms with Crippen LogP contribution in [0.15, 0.2) is 48.5 Å². The highest BCUT2D eigenvalue weighted by molar-refractivity contribution is 5.94. The smallest absolute Gasteiger partial charge is 0.355 e. The van der Waals surface area contributed by atoms with E-state index < -0.39 is 23.6 Å². The number of aromatic nitrogens is 1. The second-order valence-corrected chi connectivity index (χ2v) is 6.65. The van der Waals surface area contributed by atoms with E-state index in [2.05, 4.69) is 10.3 Å². The minimum Gasteiger partial charge on any atom is -0.355 e. The average Bonchev–Trinajstić information content (AvgIpc) is 2.59. The Balaban J connectivity index is 2.21. The maximum atomic E-state index is 13.3. The molecule has 3 aromatic rings. The van der Waals surface area contributed by atoms with Gasteiger partial charge in [0.2, 0.25) is 0 Å². The summed E-state index contributed by atoms with van der Waals surface area (Å²) in [6.45, 7) is 3.86. The Morgan fingerprint density at radius 1 is 0.821 bits per heavy atom. The van der Waals surface area contributed by atoms with Crippen LogP contribution in [0.25, 0.3) is 10.9 Å². The standard InChI is InChI=1S/C20H16F6N2/c1-11(2)13-5-3-4-6-15(13)27-17-10-18(20(24,25)26)28-16-9-12(19(21,22)23)7-8-14(16)17/h3-11H,1-2H3,(H,27,28). The Morgan fingerprint density at radius 3 is 2.11 bits per heavy atom. The Kier molecular flexibility index (Phi) is 4.99. The van der Waals surface area contributed by atoms with E-state index in [4.69, 9.17) is 0 Å². The van der Waals surface area contributed by atoms with Crippen molar-refractivity contribution in [3.05, 3.63) is 65.4 Å². The zero-order valence-corrected chi connectivity index (χ0v) is 14.9. The van der Waals surface area contributed by atoms with E-state index in [-0.39, 0.29) is 22.5 Å². The average molecular weight is 398 g/mol. The number of rotatable bonds is 3. The summed E-state index contributed by atoms with van der Waals surface area (Å²) < 4.78 is 78.7. The summed E-state index contributed by atoms with van der Waals surface area (Å²) in [6, 6.07) is 10.5. The first-order valence-electron chi connectivity index (χ1n) is 8.42. The van der Waals surface area contributed by atoms with Crippen LogP contribution in [0.5, 0.6) is 0 Å². The molecule has 0 saturated heterocycles. The SMILES string of the molecule is CC(C)c1ccccc1Nc1cc(C(F)(F)F)nc2cc(C(F)(F)F)ccc12. The highest BCUT2D eigenvalue weighted by atomic mass is 19.4. The number of para-hydroxylation sites is 1. The number of alkyl halides is 6. The van der Waals surface area contributed by atoms with Crippen molar-refractivity contribution in [1.82, 2.24) is 4.98 Å². The minimum atomic E-state index is -4.80. The molecule has 0 unspecified atom stereocenters. The molecular formula is C20H16F6N2. The van der Waals surface area contributed by atoms with Gasteiger partial charge in [0.15, 0.2) is 0 Å². The van der Waals surface area contributed by atoms with Crippen LogP contribution in [0.1, 0.15) is 36.6 Å². The maximum absolute atomic E-state index is 13.3. The monoisotopic (exact) mass is 398 g/mol. The summed E-state index contributed by atoms with van der Waals surface area (Å²) in [5.41, 5.74) is -1.21. The van der Waals surface area contributed by atoms with E-state index in [0.29, 0.717) is 11.8 Å². The number of nitrogens with zero attached hydrogens (tertiary/aromatic N) is 1. The van der Waals surface area contributed by atoms with Crippen molar-refractivity contribution in [2.24, 2.45) is 0 Å². The molecule has 2 nitrogen and oxygen atoms in total. The molecule has 0 saturated carbocycles. The van der Waals surface area contributed by atoms with Crippen LogP contribution in [0.3, 0.4) is 0 Å². The third-order valence-corrected chi connectivity index (χ3v) is 4.28. The number of hydrogen-bond acceptors (Lipinski definition) is 2. The molecule has 2 aromatic carbocycles. The van der Waals surface area contributed by atoms with Crippen molar-refractivity contribution >= 4 is 22.3 Å². The summed E-state index contributed by atoms with van der Waals surface area (Å²) in [4.78, 5) is 3.42. The molecule has 0 radical (unpaired) electrons. The van der Waals surface area contributed by atoms with Crippen LogP contribution >= 0.6 is 0 Å². The number of fused-ring (bicyclic) bond motifs is 1. The molecule has 0 bridgehead atoms. The number of hydrogen-bond donors (Lipinski definition) is 1. The number of nitrogens with one attached hydrogen (secondary N) is 1. The predicted molar refractivity (Wildman–Crippen MR) is 95.6 cm³/mol. The lowest BCUT2D eigenvalue weighted by atomic mass is 10.0. The third kappa shape index (κ3) is 4.05. The Morgan fingerprint density at radius 2 is 1.50 bits per heavy atom. The van der Waals surface area contributed by atoms with E-state index in [1.807, 2.05) is 26.0 Å². The fourth-order valence-electron chi connectivity index (χ4n) is 2.91. The third-order valence-electron chi connectivity index (χ3n) is 4.28. The van der Waals surface area contributed by atoms with Gasteiger partial charge in [-0.05, 0) is 35.7 Å². The van der Waals surface area contributed by atoms with Crippen molar-refractivity contribution in [3.63, 3.8) is 0 Å². The lowest BCUT2D eigenvalue weighted by molar-refractivity contribution is -0.140. The van der Waals surface area contributed by atoms with Gasteiger partial charge < -0.3 is 5.32 Å². The summed E-state index contributed by atoms with van der Waals surface area (Å²) in [7, 11) is 0. The normalized spacial score (nSPS) is 12.6. The zero-order chi connectivity index (χ0) is 20.7. The van der Waals surface area contributed by atoms with Gasteiger partial charge in [0, 0.05) is 11.1 Å². The van der Waals surface area contributed by atoms with Gasteiger partial charge in [-0.25, -0.2) is 4.98 Å². The molecule has 0 atom stereocenters. The molecule has 148 valence electrons. The fraction of sp³-hybridized carbons (Fsp3) is 0.250. The summed E-state index contributed by atoms with van der Waals surface area (Å²) in [5.74, 6) is 0.0933. The van der Waals surface area contributed by atoms with E-state index in [0.717, 1.165) is 23.8 Å². The lowest BCUT2D eigenvalue weighted by Gasteiger charge is -2.18. The van der Waals surface area contributed by atoms with Gasteiger partial charge in [0.1, 0.15) is 5.69 Å². The van der Waals surface area contributed by atoms with Gasteiger partial charge in [0.25, 0.3) is 0 Å². The van der Waals surface area contributed by atoms with Gasteiger partial charge >= 0.3 is 12.4 Å². The molecule has 1 N–H and O–H groups in total. The van der Waals surface area contributed by atoms with Gasteiger partial charge in [-0.3, -0.25) is 0 Å².